The van der Waals surface area contributed by atoms with Gasteiger partial charge in [0, 0.05) is 19.6 Å². The minimum absolute atomic E-state index is 0.0805. The van der Waals surface area contributed by atoms with Gasteiger partial charge in [-0.1, -0.05) is 0 Å². The van der Waals surface area contributed by atoms with Gasteiger partial charge < -0.3 is 25.3 Å². The van der Waals surface area contributed by atoms with Crippen molar-refractivity contribution in [2.45, 2.75) is 24.9 Å². The Kier molecular flexibility index (Phi) is 5.36. The Morgan fingerprint density at radius 3 is 2.72 bits per heavy atom. The number of aliphatic hydroxyl groups is 1. The molecule has 1 saturated heterocycles. The van der Waals surface area contributed by atoms with E-state index in [1.165, 1.54) is 4.90 Å². The highest BCUT2D eigenvalue weighted by molar-refractivity contribution is 5.82. The number of nitrogens with one attached hydrogen (secondary N) is 1. The number of piperidine rings is 1. The number of nitrogens with zero attached hydrogens (tertiary/aromatic N) is 2. The van der Waals surface area contributed by atoms with Crippen LogP contribution in [0.4, 0.5) is 4.79 Å². The molecule has 1 heterocycles. The van der Waals surface area contributed by atoms with E-state index in [2.05, 4.69) is 10.2 Å². The molecule has 0 aromatic carbocycles. The second kappa shape index (κ2) is 6.55. The third-order valence-electron chi connectivity index (χ3n) is 3.25. The highest BCUT2D eigenvalue weighted by Crippen LogP contribution is 2.13. The Bertz CT molecular complexity index is 311. The Hall–Kier alpha value is -1.34. The average Bonchev–Trinajstić information content (AvgIpc) is 2.34. The topological polar surface area (TPSA) is 93.1 Å². The van der Waals surface area contributed by atoms with Crippen molar-refractivity contribution < 1.29 is 19.8 Å². The number of likely N-dealkylation sites (tertiary alicyclic amines) is 1. The van der Waals surface area contributed by atoms with Gasteiger partial charge in [-0.3, -0.25) is 0 Å². The van der Waals surface area contributed by atoms with Crippen molar-refractivity contribution >= 4 is 12.0 Å². The molecule has 0 aromatic heterocycles. The third kappa shape index (κ3) is 3.85. The minimum Gasteiger partial charge on any atom is -0.480 e. The smallest absolute Gasteiger partial charge is 0.328 e. The number of hydrogen-bond donors (Lipinski definition) is 3. The largest absolute Gasteiger partial charge is 0.480 e. The summed E-state index contributed by atoms with van der Waals surface area (Å²) in [5.41, 5.74) is 0. The number of urea groups is 1. The first kappa shape index (κ1) is 14.7. The van der Waals surface area contributed by atoms with Crippen LogP contribution >= 0.6 is 0 Å². The van der Waals surface area contributed by atoms with Crippen LogP contribution in [0, 0.1) is 0 Å². The number of likely N-dealkylation sites (N-methyl/N-ethyl adjacent to an activating group) is 2. The SMILES string of the molecule is CN1CCCC(N(C)C(=O)N[C@@H](CO)C(=O)O)C1. The van der Waals surface area contributed by atoms with Gasteiger partial charge in [0.2, 0.25) is 0 Å². The molecule has 2 amide bonds. The number of carbonyl (C=O) groups is 2. The maximum Gasteiger partial charge on any atom is 0.328 e. The van der Waals surface area contributed by atoms with Crippen molar-refractivity contribution in [1.29, 1.82) is 0 Å². The van der Waals surface area contributed by atoms with E-state index >= 15 is 0 Å². The fraction of sp³-hybridized carbons (Fsp3) is 0.818. The molecule has 0 bridgehead atoms. The molecule has 0 aromatic rings. The summed E-state index contributed by atoms with van der Waals surface area (Å²) in [4.78, 5) is 26.2. The number of carboxylic acid groups (broad SMARTS) is 1. The molecule has 7 heteroatoms. The van der Waals surface area contributed by atoms with Crippen LogP contribution in [0.2, 0.25) is 0 Å². The summed E-state index contributed by atoms with van der Waals surface area (Å²) in [6, 6.07) is -1.63. The second-order valence-corrected chi connectivity index (χ2v) is 4.69. The molecule has 2 atom stereocenters. The fourth-order valence-corrected chi connectivity index (χ4v) is 2.06. The molecule has 0 radical (unpaired) electrons. The van der Waals surface area contributed by atoms with E-state index in [0.717, 1.165) is 25.9 Å². The summed E-state index contributed by atoms with van der Waals surface area (Å²) in [6.07, 6.45) is 1.92. The summed E-state index contributed by atoms with van der Waals surface area (Å²) in [6.45, 7) is 1.18. The number of carbonyl (C=O) groups excluding carboxylic acids is 1. The zero-order valence-electron chi connectivity index (χ0n) is 10.8. The predicted molar refractivity (Wildman–Crippen MR) is 65.3 cm³/mol. The van der Waals surface area contributed by atoms with Crippen LogP contribution in [0.1, 0.15) is 12.8 Å². The molecule has 0 spiro atoms. The average molecular weight is 259 g/mol. The van der Waals surface area contributed by atoms with Crippen LogP contribution in [0.25, 0.3) is 0 Å². The van der Waals surface area contributed by atoms with E-state index in [1.54, 1.807) is 7.05 Å². The van der Waals surface area contributed by atoms with E-state index in [0.29, 0.717) is 0 Å². The molecular formula is C11H21N3O4. The van der Waals surface area contributed by atoms with Crippen LogP contribution in [-0.4, -0.2) is 77.9 Å². The Labute approximate surface area is 106 Å². The van der Waals surface area contributed by atoms with Crippen LogP contribution in [0.3, 0.4) is 0 Å². The zero-order chi connectivity index (χ0) is 13.7. The van der Waals surface area contributed by atoms with Crippen molar-refractivity contribution in [3.05, 3.63) is 0 Å². The number of rotatable bonds is 4. The molecule has 0 saturated carbocycles. The first-order valence-electron chi connectivity index (χ1n) is 6.01. The summed E-state index contributed by atoms with van der Waals surface area (Å²) in [7, 11) is 3.64. The number of hydrogen-bond acceptors (Lipinski definition) is 4. The molecule has 0 aliphatic carbocycles. The van der Waals surface area contributed by atoms with Gasteiger partial charge in [-0.15, -0.1) is 0 Å². The molecule has 1 aliphatic rings. The first-order valence-corrected chi connectivity index (χ1v) is 6.01. The maximum atomic E-state index is 11.8. The lowest BCUT2D eigenvalue weighted by molar-refractivity contribution is -0.140. The van der Waals surface area contributed by atoms with Crippen molar-refractivity contribution in [3.8, 4) is 0 Å². The Morgan fingerprint density at radius 1 is 1.56 bits per heavy atom. The lowest BCUT2D eigenvalue weighted by Crippen LogP contribution is -2.54. The minimum atomic E-state index is -1.25. The third-order valence-corrected chi connectivity index (χ3v) is 3.25. The Morgan fingerprint density at radius 2 is 2.22 bits per heavy atom. The summed E-state index contributed by atoms with van der Waals surface area (Å²) in [5.74, 6) is -1.24. The molecule has 7 nitrogen and oxygen atoms in total. The van der Waals surface area contributed by atoms with Gasteiger partial charge in [0.25, 0.3) is 0 Å². The normalized spacial score (nSPS) is 22.3. The zero-order valence-corrected chi connectivity index (χ0v) is 10.8. The van der Waals surface area contributed by atoms with Gasteiger partial charge in [0.1, 0.15) is 0 Å². The molecule has 1 aliphatic heterocycles. The van der Waals surface area contributed by atoms with Gasteiger partial charge in [0.05, 0.1) is 6.61 Å². The quantitative estimate of drug-likeness (QED) is 0.612. The highest BCUT2D eigenvalue weighted by Gasteiger charge is 2.27. The first-order chi connectivity index (χ1) is 8.45. The van der Waals surface area contributed by atoms with E-state index in [1.807, 2.05) is 7.05 Å². The van der Waals surface area contributed by atoms with Crippen molar-refractivity contribution in [2.75, 3.05) is 33.8 Å². The molecule has 1 rings (SSSR count). The fourth-order valence-electron chi connectivity index (χ4n) is 2.06. The predicted octanol–water partition coefficient (Wildman–Crippen LogP) is -0.832. The van der Waals surface area contributed by atoms with Gasteiger partial charge >= 0.3 is 12.0 Å². The maximum absolute atomic E-state index is 11.8. The van der Waals surface area contributed by atoms with Gasteiger partial charge in [-0.05, 0) is 26.4 Å². The lowest BCUT2D eigenvalue weighted by Gasteiger charge is -2.36. The Balaban J connectivity index is 2.52. The monoisotopic (exact) mass is 259 g/mol. The van der Waals surface area contributed by atoms with E-state index < -0.39 is 24.6 Å². The molecule has 104 valence electrons. The summed E-state index contributed by atoms with van der Waals surface area (Å²) < 4.78 is 0. The standard InChI is InChI=1S/C11H21N3O4/c1-13-5-3-4-8(6-13)14(2)11(18)12-9(7-15)10(16)17/h8-9,15H,3-7H2,1-2H3,(H,12,18)(H,16,17)/t8?,9-/m0/s1. The molecule has 3 N–H and O–H groups in total. The number of carboxylic acids is 1. The molecule has 1 fully saturated rings. The summed E-state index contributed by atoms with van der Waals surface area (Å²) >= 11 is 0. The van der Waals surface area contributed by atoms with Crippen molar-refractivity contribution in [2.24, 2.45) is 0 Å². The van der Waals surface area contributed by atoms with Crippen molar-refractivity contribution in [1.82, 2.24) is 15.1 Å². The van der Waals surface area contributed by atoms with Gasteiger partial charge in [-0.25, -0.2) is 9.59 Å². The second-order valence-electron chi connectivity index (χ2n) is 4.69. The highest BCUT2D eigenvalue weighted by atomic mass is 16.4. The lowest BCUT2D eigenvalue weighted by atomic mass is 10.1. The van der Waals surface area contributed by atoms with Crippen LogP contribution in [0.5, 0.6) is 0 Å². The number of aliphatic hydroxyl groups excluding tert-OH is 1. The number of amides is 2. The van der Waals surface area contributed by atoms with Gasteiger partial charge in [0.15, 0.2) is 6.04 Å². The van der Waals surface area contributed by atoms with Crippen LogP contribution < -0.4 is 5.32 Å². The van der Waals surface area contributed by atoms with E-state index in [-0.39, 0.29) is 6.04 Å². The van der Waals surface area contributed by atoms with Crippen LogP contribution in [-0.2, 0) is 4.79 Å². The summed E-state index contributed by atoms with van der Waals surface area (Å²) in [5, 5.41) is 19.9. The molecule has 1 unspecified atom stereocenters. The van der Waals surface area contributed by atoms with Gasteiger partial charge in [-0.2, -0.15) is 0 Å². The number of aliphatic carboxylic acids is 1. The molecule has 18 heavy (non-hydrogen) atoms. The molecular weight excluding hydrogens is 238 g/mol. The van der Waals surface area contributed by atoms with E-state index in [9.17, 15) is 9.59 Å². The van der Waals surface area contributed by atoms with Crippen molar-refractivity contribution in [3.63, 3.8) is 0 Å². The van der Waals surface area contributed by atoms with Crippen LogP contribution in [0.15, 0.2) is 0 Å². The van der Waals surface area contributed by atoms with E-state index in [4.69, 9.17) is 10.2 Å².